The monoisotopic (exact) mass is 405 g/mol. The van der Waals surface area contributed by atoms with Crippen LogP contribution in [0.25, 0.3) is 0 Å². The molecular weight excluding hydrogens is 388 g/mol. The fourth-order valence-electron chi connectivity index (χ4n) is 2.43. The second kappa shape index (κ2) is 9.61. The molecule has 3 N–H and O–H groups in total. The van der Waals surface area contributed by atoms with E-state index < -0.39 is 30.2 Å². The third-order valence-corrected chi connectivity index (χ3v) is 3.99. The quantitative estimate of drug-likeness (QED) is 0.635. The second-order valence-electron chi connectivity index (χ2n) is 5.77. The molecule has 0 fully saturated rings. The standard InChI is InChI=1S/C19H19ClN2O6/c1-27-16-8-12(4-7-15(16)28-10-17(21)23)14(9-18(24)25)22-19(26)11-2-5-13(20)6-3-11/h2-8,14H,9-10H2,1H3,(H2,21,23)(H,22,26)(H,24,25)/p-1/t14-/m1/s1. The fraction of sp³-hybridized carbons (Fsp3) is 0.211. The molecule has 148 valence electrons. The molecule has 0 aliphatic heterocycles. The summed E-state index contributed by atoms with van der Waals surface area (Å²) >= 11 is 5.81. The number of halogens is 1. The number of carbonyl (C=O) groups excluding carboxylic acids is 3. The van der Waals surface area contributed by atoms with Gasteiger partial charge in [-0.2, -0.15) is 0 Å². The predicted octanol–water partition coefficient (Wildman–Crippen LogP) is 0.824. The minimum absolute atomic E-state index is 0.251. The van der Waals surface area contributed by atoms with Crippen LogP contribution in [0.3, 0.4) is 0 Å². The Morgan fingerprint density at radius 2 is 1.82 bits per heavy atom. The van der Waals surface area contributed by atoms with E-state index in [2.05, 4.69) is 5.32 Å². The summed E-state index contributed by atoms with van der Waals surface area (Å²) < 4.78 is 10.4. The Hall–Kier alpha value is -3.26. The fourth-order valence-corrected chi connectivity index (χ4v) is 2.56. The van der Waals surface area contributed by atoms with E-state index in [9.17, 15) is 19.5 Å². The van der Waals surface area contributed by atoms with Gasteiger partial charge in [0.25, 0.3) is 11.8 Å². The molecule has 2 aromatic rings. The normalized spacial score (nSPS) is 11.4. The van der Waals surface area contributed by atoms with Crippen molar-refractivity contribution >= 4 is 29.4 Å². The van der Waals surface area contributed by atoms with Gasteiger partial charge in [-0.05, 0) is 42.0 Å². The smallest absolute Gasteiger partial charge is 0.255 e. The lowest BCUT2D eigenvalue weighted by Gasteiger charge is -2.21. The number of hydrogen-bond donors (Lipinski definition) is 2. The average Bonchev–Trinajstić information content (AvgIpc) is 2.65. The van der Waals surface area contributed by atoms with Gasteiger partial charge in [0.15, 0.2) is 18.1 Å². The van der Waals surface area contributed by atoms with Crippen molar-refractivity contribution in [2.75, 3.05) is 13.7 Å². The first kappa shape index (κ1) is 21.0. The number of amides is 2. The maximum Gasteiger partial charge on any atom is 0.255 e. The van der Waals surface area contributed by atoms with Crippen LogP contribution in [0.15, 0.2) is 42.5 Å². The van der Waals surface area contributed by atoms with Crippen molar-refractivity contribution in [2.45, 2.75) is 12.5 Å². The molecule has 0 aliphatic carbocycles. The number of aliphatic carboxylic acids is 1. The molecule has 0 heterocycles. The molecule has 28 heavy (non-hydrogen) atoms. The summed E-state index contributed by atoms with van der Waals surface area (Å²) in [5, 5.41) is 14.3. The van der Waals surface area contributed by atoms with E-state index in [1.807, 2.05) is 0 Å². The van der Waals surface area contributed by atoms with E-state index in [4.69, 9.17) is 26.8 Å². The van der Waals surface area contributed by atoms with Crippen LogP contribution in [0.5, 0.6) is 11.5 Å². The summed E-state index contributed by atoms with van der Waals surface area (Å²) in [5.74, 6) is -1.97. The van der Waals surface area contributed by atoms with Crippen LogP contribution in [0.2, 0.25) is 5.02 Å². The minimum Gasteiger partial charge on any atom is -0.550 e. The van der Waals surface area contributed by atoms with E-state index in [1.54, 1.807) is 18.2 Å². The zero-order valence-corrected chi connectivity index (χ0v) is 15.7. The third-order valence-electron chi connectivity index (χ3n) is 3.74. The minimum atomic E-state index is -1.34. The molecule has 1 atom stereocenters. The first-order valence-corrected chi connectivity index (χ1v) is 8.53. The zero-order valence-electron chi connectivity index (χ0n) is 14.9. The van der Waals surface area contributed by atoms with Gasteiger partial charge < -0.3 is 30.4 Å². The molecule has 0 spiro atoms. The van der Waals surface area contributed by atoms with E-state index in [0.717, 1.165) is 0 Å². The van der Waals surface area contributed by atoms with E-state index in [0.29, 0.717) is 16.1 Å². The molecule has 0 aliphatic rings. The molecule has 0 radical (unpaired) electrons. The topological polar surface area (TPSA) is 131 Å². The van der Waals surface area contributed by atoms with Crippen molar-refractivity contribution < 1.29 is 29.0 Å². The summed E-state index contributed by atoms with van der Waals surface area (Å²) in [6.45, 7) is -0.342. The Kier molecular flexibility index (Phi) is 7.22. The average molecular weight is 406 g/mol. The van der Waals surface area contributed by atoms with E-state index in [1.165, 1.54) is 31.4 Å². The van der Waals surface area contributed by atoms with Crippen molar-refractivity contribution in [3.63, 3.8) is 0 Å². The predicted molar refractivity (Wildman–Crippen MR) is 99.0 cm³/mol. The van der Waals surface area contributed by atoms with Crippen LogP contribution < -0.4 is 25.6 Å². The maximum absolute atomic E-state index is 12.4. The molecule has 2 amide bonds. The van der Waals surface area contributed by atoms with Crippen LogP contribution >= 0.6 is 11.6 Å². The number of hydrogen-bond acceptors (Lipinski definition) is 6. The molecule has 2 aromatic carbocycles. The molecule has 0 bridgehead atoms. The maximum atomic E-state index is 12.4. The lowest BCUT2D eigenvalue weighted by Crippen LogP contribution is -2.34. The summed E-state index contributed by atoms with van der Waals surface area (Å²) in [4.78, 5) is 34.5. The summed E-state index contributed by atoms with van der Waals surface area (Å²) in [6.07, 6.45) is -0.454. The number of primary amides is 1. The number of benzene rings is 2. The molecule has 0 unspecified atom stereocenters. The Morgan fingerprint density at radius 1 is 1.14 bits per heavy atom. The highest BCUT2D eigenvalue weighted by atomic mass is 35.5. The molecule has 0 saturated carbocycles. The highest BCUT2D eigenvalue weighted by molar-refractivity contribution is 6.30. The van der Waals surface area contributed by atoms with Gasteiger partial charge in [-0.1, -0.05) is 17.7 Å². The van der Waals surface area contributed by atoms with Crippen molar-refractivity contribution in [1.29, 1.82) is 0 Å². The van der Waals surface area contributed by atoms with Crippen molar-refractivity contribution in [1.82, 2.24) is 5.32 Å². The highest BCUT2D eigenvalue weighted by Crippen LogP contribution is 2.31. The van der Waals surface area contributed by atoms with Crippen LogP contribution in [0, 0.1) is 0 Å². The van der Waals surface area contributed by atoms with E-state index in [-0.39, 0.29) is 18.1 Å². The highest BCUT2D eigenvalue weighted by Gasteiger charge is 2.18. The molecule has 0 saturated heterocycles. The number of nitrogens with one attached hydrogen (secondary N) is 1. The van der Waals surface area contributed by atoms with Crippen molar-refractivity contribution in [3.05, 3.63) is 58.6 Å². The van der Waals surface area contributed by atoms with Gasteiger partial charge in [0, 0.05) is 23.0 Å². The largest absolute Gasteiger partial charge is 0.550 e. The zero-order chi connectivity index (χ0) is 20.7. The van der Waals surface area contributed by atoms with E-state index >= 15 is 0 Å². The third kappa shape index (κ3) is 5.88. The number of methoxy groups -OCH3 is 1. The molecule has 2 rings (SSSR count). The number of rotatable bonds is 9. The molecular formula is C19H18ClN2O6-. The van der Waals surface area contributed by atoms with Gasteiger partial charge in [-0.25, -0.2) is 0 Å². The Labute approximate surface area is 166 Å². The number of carbonyl (C=O) groups is 3. The number of carboxylic acids is 1. The Bertz CT molecular complexity index is 869. The van der Waals surface area contributed by atoms with Gasteiger partial charge in [-0.15, -0.1) is 0 Å². The van der Waals surface area contributed by atoms with Crippen molar-refractivity contribution in [3.8, 4) is 11.5 Å². The van der Waals surface area contributed by atoms with Gasteiger partial charge in [0.1, 0.15) is 0 Å². The molecule has 0 aromatic heterocycles. The lowest BCUT2D eigenvalue weighted by atomic mass is 10.0. The lowest BCUT2D eigenvalue weighted by molar-refractivity contribution is -0.306. The van der Waals surface area contributed by atoms with Gasteiger partial charge in [0.2, 0.25) is 0 Å². The van der Waals surface area contributed by atoms with Gasteiger partial charge in [-0.3, -0.25) is 9.59 Å². The van der Waals surface area contributed by atoms with Crippen LogP contribution in [-0.4, -0.2) is 31.5 Å². The Balaban J connectivity index is 2.26. The number of carboxylic acid groups (broad SMARTS) is 1. The molecule has 9 heteroatoms. The first-order chi connectivity index (χ1) is 13.3. The number of ether oxygens (including phenoxy) is 2. The molecule has 8 nitrogen and oxygen atoms in total. The second-order valence-corrected chi connectivity index (χ2v) is 6.21. The Morgan fingerprint density at radius 3 is 2.39 bits per heavy atom. The summed E-state index contributed by atoms with van der Waals surface area (Å²) in [5.41, 5.74) is 5.83. The van der Waals surface area contributed by atoms with Crippen LogP contribution in [0.4, 0.5) is 0 Å². The van der Waals surface area contributed by atoms with Crippen molar-refractivity contribution in [2.24, 2.45) is 5.73 Å². The van der Waals surface area contributed by atoms with Gasteiger partial charge >= 0.3 is 0 Å². The van der Waals surface area contributed by atoms with Gasteiger partial charge in [0.05, 0.1) is 13.2 Å². The number of nitrogens with two attached hydrogens (primary N) is 1. The van der Waals surface area contributed by atoms with Crippen LogP contribution in [0.1, 0.15) is 28.4 Å². The summed E-state index contributed by atoms with van der Waals surface area (Å²) in [7, 11) is 1.39. The first-order valence-electron chi connectivity index (χ1n) is 8.15. The summed E-state index contributed by atoms with van der Waals surface area (Å²) in [6, 6.07) is 9.82. The SMILES string of the molecule is COc1cc([C@@H](CC(=O)[O-])NC(=O)c2ccc(Cl)cc2)ccc1OCC(N)=O. The van der Waals surface area contributed by atoms with Crippen LogP contribution in [-0.2, 0) is 9.59 Å².